The van der Waals surface area contributed by atoms with E-state index in [0.29, 0.717) is 10.7 Å². The lowest BCUT2D eigenvalue weighted by molar-refractivity contribution is -0.379. The van der Waals surface area contributed by atoms with Crippen molar-refractivity contribution in [3.63, 3.8) is 0 Å². The molecule has 1 aliphatic rings. The van der Waals surface area contributed by atoms with Crippen molar-refractivity contribution in [3.05, 3.63) is 31.8 Å². The van der Waals surface area contributed by atoms with Crippen molar-refractivity contribution in [2.75, 3.05) is 32.7 Å². The number of nitrogens with zero attached hydrogens (tertiary/aromatic N) is 5. The molecule has 29 heavy (non-hydrogen) atoms. The van der Waals surface area contributed by atoms with E-state index in [0.717, 1.165) is 58.9 Å². The largest absolute Gasteiger partial charge is 0.494 e. The highest BCUT2D eigenvalue weighted by Gasteiger charge is 2.26. The summed E-state index contributed by atoms with van der Waals surface area (Å²) in [6.45, 7) is 4.86. The van der Waals surface area contributed by atoms with Crippen molar-refractivity contribution in [3.8, 4) is 5.75 Å². The van der Waals surface area contributed by atoms with Gasteiger partial charge in [0.2, 0.25) is 0 Å². The van der Waals surface area contributed by atoms with Crippen LogP contribution < -0.4 is 9.64 Å². The molecule has 1 aromatic carbocycles. The molecule has 2 heterocycles. The molecule has 0 bridgehead atoms. The summed E-state index contributed by atoms with van der Waals surface area (Å²) in [5.74, 6) is 0.700. The Hall–Kier alpha value is -2.63. The SMILES string of the molecule is COOCc1nc(N=Nc2c(C)c3c(c(OC)c2C)N(C)CCC3)c([N+](=O)[O-])s1. The molecule has 11 heteroatoms. The van der Waals surface area contributed by atoms with E-state index in [2.05, 4.69) is 25.0 Å². The third-order valence-electron chi connectivity index (χ3n) is 4.86. The Kier molecular flexibility index (Phi) is 6.40. The number of hydrogen-bond acceptors (Lipinski definition) is 10. The van der Waals surface area contributed by atoms with Gasteiger partial charge in [0, 0.05) is 19.2 Å². The average Bonchev–Trinajstić information content (AvgIpc) is 3.10. The van der Waals surface area contributed by atoms with Crippen molar-refractivity contribution < 1.29 is 19.4 Å². The van der Waals surface area contributed by atoms with E-state index in [1.807, 2.05) is 20.9 Å². The van der Waals surface area contributed by atoms with Gasteiger partial charge >= 0.3 is 5.00 Å². The molecule has 0 amide bonds. The van der Waals surface area contributed by atoms with Crippen LogP contribution in [0.25, 0.3) is 0 Å². The van der Waals surface area contributed by atoms with Crippen LogP contribution >= 0.6 is 11.3 Å². The number of hydrogen-bond donors (Lipinski definition) is 0. The van der Waals surface area contributed by atoms with E-state index in [1.165, 1.54) is 7.11 Å². The number of azo groups is 1. The molecule has 0 fully saturated rings. The van der Waals surface area contributed by atoms with Crippen LogP contribution in [0.4, 0.5) is 22.2 Å². The van der Waals surface area contributed by atoms with Crippen LogP contribution in [0.1, 0.15) is 28.1 Å². The second-order valence-electron chi connectivity index (χ2n) is 6.61. The molecule has 0 radical (unpaired) electrons. The Labute approximate surface area is 172 Å². The maximum Gasteiger partial charge on any atom is 0.372 e. The van der Waals surface area contributed by atoms with Crippen LogP contribution in [-0.4, -0.2) is 37.7 Å². The van der Waals surface area contributed by atoms with Crippen molar-refractivity contribution in [1.29, 1.82) is 0 Å². The fraction of sp³-hybridized carbons (Fsp3) is 0.500. The molecule has 0 saturated carbocycles. The minimum Gasteiger partial charge on any atom is -0.494 e. The van der Waals surface area contributed by atoms with Crippen LogP contribution in [0.3, 0.4) is 0 Å². The van der Waals surface area contributed by atoms with E-state index >= 15 is 0 Å². The van der Waals surface area contributed by atoms with Gasteiger partial charge in [-0.3, -0.25) is 10.1 Å². The molecule has 156 valence electrons. The molecule has 3 rings (SSSR count). The van der Waals surface area contributed by atoms with E-state index in [-0.39, 0.29) is 17.4 Å². The standard InChI is InChI=1S/C18H23N5O5S/c1-10-12-7-6-8-22(3)15(12)16(26-4)11(2)14(10)20-21-17-18(23(24)25)29-13(19-17)9-28-27-5/h6-9H2,1-5H3. The molecule has 1 aliphatic heterocycles. The first-order valence-corrected chi connectivity index (χ1v) is 9.83. The topological polar surface area (TPSA) is 112 Å². The molecule has 0 aliphatic carbocycles. The number of methoxy groups -OCH3 is 1. The summed E-state index contributed by atoms with van der Waals surface area (Å²) in [5.41, 5.74) is 4.72. The van der Waals surface area contributed by atoms with Gasteiger partial charge in [-0.05, 0) is 49.2 Å². The van der Waals surface area contributed by atoms with E-state index in [1.54, 1.807) is 7.11 Å². The van der Waals surface area contributed by atoms with Gasteiger partial charge in [0.15, 0.2) is 0 Å². The quantitative estimate of drug-likeness (QED) is 0.279. The van der Waals surface area contributed by atoms with Crippen molar-refractivity contribution in [2.45, 2.75) is 33.3 Å². The summed E-state index contributed by atoms with van der Waals surface area (Å²) in [6, 6.07) is 0. The zero-order chi connectivity index (χ0) is 21.1. The number of fused-ring (bicyclic) bond motifs is 1. The Bertz CT molecular complexity index is 936. The third kappa shape index (κ3) is 4.07. The monoisotopic (exact) mass is 421 g/mol. The minimum atomic E-state index is -0.523. The molecule has 0 N–H and O–H groups in total. The predicted octanol–water partition coefficient (Wildman–Crippen LogP) is 4.55. The Morgan fingerprint density at radius 3 is 2.69 bits per heavy atom. The van der Waals surface area contributed by atoms with Crippen LogP contribution in [0.2, 0.25) is 0 Å². The smallest absolute Gasteiger partial charge is 0.372 e. The highest BCUT2D eigenvalue weighted by Crippen LogP contribution is 2.46. The van der Waals surface area contributed by atoms with Gasteiger partial charge in [0.25, 0.3) is 5.82 Å². The second kappa shape index (κ2) is 8.80. The van der Waals surface area contributed by atoms with E-state index < -0.39 is 4.92 Å². The lowest BCUT2D eigenvalue weighted by atomic mass is 9.92. The minimum absolute atomic E-state index is 0.00537. The number of ether oxygens (including phenoxy) is 1. The van der Waals surface area contributed by atoms with Gasteiger partial charge in [-0.1, -0.05) is 0 Å². The van der Waals surface area contributed by atoms with Crippen LogP contribution in [0, 0.1) is 24.0 Å². The van der Waals surface area contributed by atoms with Crippen molar-refractivity contribution in [2.24, 2.45) is 10.2 Å². The summed E-state index contributed by atoms with van der Waals surface area (Å²) >= 11 is 0.882. The first kappa shape index (κ1) is 21.1. The predicted molar refractivity (Wildman–Crippen MR) is 109 cm³/mol. The van der Waals surface area contributed by atoms with Gasteiger partial charge in [-0.15, -0.1) is 10.2 Å². The molecular formula is C18H23N5O5S. The maximum absolute atomic E-state index is 11.4. The van der Waals surface area contributed by atoms with Crippen LogP contribution in [0.15, 0.2) is 10.2 Å². The average molecular weight is 421 g/mol. The number of anilines is 1. The van der Waals surface area contributed by atoms with Gasteiger partial charge in [0.1, 0.15) is 17.4 Å². The molecule has 0 spiro atoms. The summed E-state index contributed by atoms with van der Waals surface area (Å²) in [6.07, 6.45) is 1.95. The fourth-order valence-electron chi connectivity index (χ4n) is 3.54. The van der Waals surface area contributed by atoms with Gasteiger partial charge in [-0.25, -0.2) is 14.8 Å². The maximum atomic E-state index is 11.4. The first-order chi connectivity index (χ1) is 13.9. The van der Waals surface area contributed by atoms with Crippen molar-refractivity contribution in [1.82, 2.24) is 4.98 Å². The van der Waals surface area contributed by atoms with E-state index in [4.69, 9.17) is 9.62 Å². The zero-order valence-corrected chi connectivity index (χ0v) is 17.8. The van der Waals surface area contributed by atoms with Gasteiger partial charge in [0.05, 0.1) is 30.5 Å². The first-order valence-electron chi connectivity index (χ1n) is 9.01. The number of aromatic nitrogens is 1. The number of benzene rings is 1. The molecule has 0 saturated heterocycles. The number of nitro groups is 1. The number of rotatable bonds is 7. The highest BCUT2D eigenvalue weighted by atomic mass is 32.1. The summed E-state index contributed by atoms with van der Waals surface area (Å²) in [4.78, 5) is 26.5. The number of thiazole rings is 1. The summed E-state index contributed by atoms with van der Waals surface area (Å²) < 4.78 is 5.68. The fourth-order valence-corrected chi connectivity index (χ4v) is 4.25. The third-order valence-corrected chi connectivity index (χ3v) is 5.83. The molecular weight excluding hydrogens is 398 g/mol. The molecule has 10 nitrogen and oxygen atoms in total. The van der Waals surface area contributed by atoms with Gasteiger partial charge in [-0.2, -0.15) is 0 Å². The normalized spacial score (nSPS) is 13.8. The molecule has 2 aromatic rings. The van der Waals surface area contributed by atoms with Crippen LogP contribution in [0.5, 0.6) is 5.75 Å². The van der Waals surface area contributed by atoms with Crippen LogP contribution in [-0.2, 0) is 22.8 Å². The summed E-state index contributed by atoms with van der Waals surface area (Å²) in [5, 5.41) is 20.0. The molecule has 1 aromatic heterocycles. The van der Waals surface area contributed by atoms with Crippen molar-refractivity contribution >= 4 is 33.5 Å². The molecule has 0 atom stereocenters. The summed E-state index contributed by atoms with van der Waals surface area (Å²) in [7, 11) is 5.03. The lowest BCUT2D eigenvalue weighted by Crippen LogP contribution is -2.26. The van der Waals surface area contributed by atoms with Gasteiger partial charge < -0.3 is 9.64 Å². The Morgan fingerprint density at radius 1 is 1.28 bits per heavy atom. The lowest BCUT2D eigenvalue weighted by Gasteiger charge is -2.32. The Morgan fingerprint density at radius 2 is 2.03 bits per heavy atom. The molecule has 0 unspecified atom stereocenters. The van der Waals surface area contributed by atoms with E-state index in [9.17, 15) is 10.1 Å². The second-order valence-corrected chi connectivity index (χ2v) is 7.67. The Balaban J connectivity index is 2.06. The highest BCUT2D eigenvalue weighted by molar-refractivity contribution is 7.15. The zero-order valence-electron chi connectivity index (χ0n) is 17.0.